The average Bonchev–Trinajstić information content (AvgIpc) is 2.75. The van der Waals surface area contributed by atoms with E-state index >= 15 is 0 Å². The fraction of sp³-hybridized carbons (Fsp3) is 0.222. The van der Waals surface area contributed by atoms with Crippen LogP contribution in [0, 0.1) is 0 Å². The Morgan fingerprint density at radius 3 is 2.92 bits per heavy atom. The van der Waals surface area contributed by atoms with Gasteiger partial charge in [-0.15, -0.1) is 11.3 Å². The van der Waals surface area contributed by atoms with Crippen molar-refractivity contribution in [3.63, 3.8) is 0 Å². The zero-order chi connectivity index (χ0) is 8.39. The van der Waals surface area contributed by atoms with E-state index in [1.54, 1.807) is 6.20 Å². The van der Waals surface area contributed by atoms with Crippen molar-refractivity contribution in [1.82, 2.24) is 10.2 Å². The number of hydrogen-bond acceptors (Lipinski definition) is 2. The van der Waals surface area contributed by atoms with Crippen molar-refractivity contribution in [3.8, 4) is 10.6 Å². The van der Waals surface area contributed by atoms with E-state index in [2.05, 4.69) is 29.3 Å². The highest BCUT2D eigenvalue weighted by Gasteiger charge is 2.01. The molecule has 0 spiro atoms. The lowest BCUT2D eigenvalue weighted by molar-refractivity contribution is 1.10. The van der Waals surface area contributed by atoms with Gasteiger partial charge in [0.15, 0.2) is 0 Å². The molecule has 2 heterocycles. The van der Waals surface area contributed by atoms with Gasteiger partial charge < -0.3 is 0 Å². The Labute approximate surface area is 75.3 Å². The third kappa shape index (κ3) is 1.28. The number of thiophene rings is 1. The van der Waals surface area contributed by atoms with Crippen LogP contribution in [0.4, 0.5) is 0 Å². The summed E-state index contributed by atoms with van der Waals surface area (Å²) in [6.45, 7) is 2.17. The Hall–Kier alpha value is -1.09. The van der Waals surface area contributed by atoms with Crippen molar-refractivity contribution in [2.45, 2.75) is 13.3 Å². The van der Waals surface area contributed by atoms with Crippen LogP contribution in [0.3, 0.4) is 0 Å². The Morgan fingerprint density at radius 2 is 2.33 bits per heavy atom. The quantitative estimate of drug-likeness (QED) is 0.752. The van der Waals surface area contributed by atoms with Gasteiger partial charge in [-0.2, -0.15) is 5.10 Å². The van der Waals surface area contributed by atoms with Crippen LogP contribution in [0.25, 0.3) is 10.6 Å². The normalized spacial score (nSPS) is 10.4. The molecule has 0 amide bonds. The van der Waals surface area contributed by atoms with Gasteiger partial charge in [-0.25, -0.2) is 0 Å². The molecule has 2 nitrogen and oxygen atoms in total. The van der Waals surface area contributed by atoms with Crippen molar-refractivity contribution in [2.75, 3.05) is 0 Å². The smallest absolute Gasteiger partial charge is 0.0749 e. The summed E-state index contributed by atoms with van der Waals surface area (Å²) in [5, 5.41) is 6.87. The molecule has 0 bridgehead atoms. The van der Waals surface area contributed by atoms with Gasteiger partial charge in [0.25, 0.3) is 0 Å². The number of rotatable bonds is 2. The van der Waals surface area contributed by atoms with Crippen molar-refractivity contribution in [1.29, 1.82) is 0 Å². The first kappa shape index (κ1) is 7.55. The molecule has 12 heavy (non-hydrogen) atoms. The largest absolute Gasteiger partial charge is 0.277 e. The molecule has 0 saturated heterocycles. The average molecular weight is 178 g/mol. The van der Waals surface area contributed by atoms with E-state index in [0.29, 0.717) is 0 Å². The van der Waals surface area contributed by atoms with Crippen LogP contribution < -0.4 is 0 Å². The van der Waals surface area contributed by atoms with Crippen LogP contribution in [0.5, 0.6) is 0 Å². The number of aromatic nitrogens is 2. The lowest BCUT2D eigenvalue weighted by atomic mass is 10.3. The first-order valence-electron chi connectivity index (χ1n) is 3.98. The first-order chi connectivity index (χ1) is 5.90. The molecule has 1 N–H and O–H groups in total. The van der Waals surface area contributed by atoms with Crippen LogP contribution in [0.15, 0.2) is 24.4 Å². The highest BCUT2D eigenvalue weighted by atomic mass is 32.1. The second kappa shape index (κ2) is 3.11. The number of hydrogen-bond donors (Lipinski definition) is 1. The third-order valence-electron chi connectivity index (χ3n) is 1.78. The second-order valence-corrected chi connectivity index (χ2v) is 3.76. The number of aromatic amines is 1. The molecule has 0 saturated carbocycles. The predicted octanol–water partition coefficient (Wildman–Crippen LogP) is 2.70. The van der Waals surface area contributed by atoms with Gasteiger partial charge in [0.1, 0.15) is 0 Å². The minimum absolute atomic E-state index is 1.11. The van der Waals surface area contributed by atoms with E-state index in [4.69, 9.17) is 0 Å². The summed E-state index contributed by atoms with van der Waals surface area (Å²) in [6.07, 6.45) is 2.89. The second-order valence-electron chi connectivity index (χ2n) is 2.59. The minimum atomic E-state index is 1.11. The highest BCUT2D eigenvalue weighted by Crippen LogP contribution is 2.26. The molecule has 0 fully saturated rings. The standard InChI is InChI=1S/C9H10N2S/c1-2-7-3-4-9(12-7)8-5-6-10-11-8/h3-6H,2H2,1H3,(H,10,11). The van der Waals surface area contributed by atoms with Gasteiger partial charge in [0.2, 0.25) is 0 Å². The molecule has 0 unspecified atom stereocenters. The molecule has 3 heteroatoms. The molecule has 0 atom stereocenters. The van der Waals surface area contributed by atoms with E-state index in [1.165, 1.54) is 9.75 Å². The van der Waals surface area contributed by atoms with Gasteiger partial charge in [0.05, 0.1) is 10.6 Å². The predicted molar refractivity (Wildman–Crippen MR) is 51.3 cm³/mol. The molecular weight excluding hydrogens is 168 g/mol. The molecule has 0 aliphatic heterocycles. The van der Waals surface area contributed by atoms with Crippen molar-refractivity contribution in [2.24, 2.45) is 0 Å². The van der Waals surface area contributed by atoms with Gasteiger partial charge >= 0.3 is 0 Å². The minimum Gasteiger partial charge on any atom is -0.277 e. The monoisotopic (exact) mass is 178 g/mol. The highest BCUT2D eigenvalue weighted by molar-refractivity contribution is 7.15. The lowest BCUT2D eigenvalue weighted by Gasteiger charge is -1.87. The van der Waals surface area contributed by atoms with E-state index in [0.717, 1.165) is 12.1 Å². The maximum Gasteiger partial charge on any atom is 0.0749 e. The molecule has 0 aliphatic carbocycles. The maximum atomic E-state index is 3.92. The zero-order valence-corrected chi connectivity index (χ0v) is 7.69. The summed E-state index contributed by atoms with van der Waals surface area (Å²) in [4.78, 5) is 2.68. The van der Waals surface area contributed by atoms with E-state index in [9.17, 15) is 0 Å². The summed E-state index contributed by atoms with van der Waals surface area (Å²) in [5.74, 6) is 0. The van der Waals surface area contributed by atoms with Crippen molar-refractivity contribution >= 4 is 11.3 Å². The molecule has 0 aromatic carbocycles. The van der Waals surface area contributed by atoms with E-state index in [1.807, 2.05) is 17.4 Å². The molecule has 2 aromatic heterocycles. The Kier molecular flexibility index (Phi) is 1.96. The molecule has 62 valence electrons. The van der Waals surface area contributed by atoms with Crippen LogP contribution in [0.2, 0.25) is 0 Å². The van der Waals surface area contributed by atoms with Gasteiger partial charge in [0, 0.05) is 11.1 Å². The van der Waals surface area contributed by atoms with Crippen molar-refractivity contribution in [3.05, 3.63) is 29.3 Å². The Balaban J connectivity index is 2.35. The fourth-order valence-corrected chi connectivity index (χ4v) is 2.03. The Morgan fingerprint density at radius 1 is 1.42 bits per heavy atom. The van der Waals surface area contributed by atoms with Gasteiger partial charge in [-0.05, 0) is 24.6 Å². The van der Waals surface area contributed by atoms with Gasteiger partial charge in [-0.1, -0.05) is 6.92 Å². The van der Waals surface area contributed by atoms with Crippen molar-refractivity contribution < 1.29 is 0 Å². The van der Waals surface area contributed by atoms with Crippen LogP contribution in [0.1, 0.15) is 11.8 Å². The lowest BCUT2D eigenvalue weighted by Crippen LogP contribution is -1.69. The summed E-state index contributed by atoms with van der Waals surface area (Å²) < 4.78 is 0. The number of H-pyrrole nitrogens is 1. The summed E-state index contributed by atoms with van der Waals surface area (Å²) in [5.41, 5.74) is 1.11. The Bertz CT molecular complexity index is 348. The molecule has 0 radical (unpaired) electrons. The summed E-state index contributed by atoms with van der Waals surface area (Å²) in [6, 6.07) is 6.29. The number of nitrogens with zero attached hydrogens (tertiary/aromatic N) is 1. The SMILES string of the molecule is CCc1ccc(-c2ccn[nH]2)s1. The molecule has 0 aliphatic rings. The van der Waals surface area contributed by atoms with E-state index < -0.39 is 0 Å². The summed E-state index contributed by atoms with van der Waals surface area (Å²) >= 11 is 1.82. The third-order valence-corrected chi connectivity index (χ3v) is 3.04. The first-order valence-corrected chi connectivity index (χ1v) is 4.80. The molecule has 2 aromatic rings. The molecular formula is C9H10N2S. The maximum absolute atomic E-state index is 3.92. The zero-order valence-electron chi connectivity index (χ0n) is 6.87. The van der Waals surface area contributed by atoms with Crippen LogP contribution >= 0.6 is 11.3 Å². The molecule has 2 rings (SSSR count). The topological polar surface area (TPSA) is 28.7 Å². The number of nitrogens with one attached hydrogen (secondary N) is 1. The van der Waals surface area contributed by atoms with E-state index in [-0.39, 0.29) is 0 Å². The number of aryl methyl sites for hydroxylation is 1. The van der Waals surface area contributed by atoms with Crippen LogP contribution in [-0.4, -0.2) is 10.2 Å². The van der Waals surface area contributed by atoms with Crippen LogP contribution in [-0.2, 0) is 6.42 Å². The fourth-order valence-electron chi connectivity index (χ4n) is 1.11. The summed E-state index contributed by atoms with van der Waals surface area (Å²) in [7, 11) is 0. The van der Waals surface area contributed by atoms with Gasteiger partial charge in [-0.3, -0.25) is 5.10 Å².